The van der Waals surface area contributed by atoms with Gasteiger partial charge in [-0.2, -0.15) is 4.98 Å². The van der Waals surface area contributed by atoms with Crippen LogP contribution in [0.4, 0.5) is 0 Å². The summed E-state index contributed by atoms with van der Waals surface area (Å²) in [6.07, 6.45) is 0. The molecule has 5 heteroatoms. The Kier molecular flexibility index (Phi) is 2.93. The minimum absolute atomic E-state index is 0.434. The van der Waals surface area contributed by atoms with Crippen molar-refractivity contribution in [3.8, 4) is 11.5 Å². The van der Waals surface area contributed by atoms with Crippen molar-refractivity contribution < 1.29 is 4.52 Å². The van der Waals surface area contributed by atoms with Crippen LogP contribution in [0.25, 0.3) is 11.5 Å². The van der Waals surface area contributed by atoms with Gasteiger partial charge in [-0.25, -0.2) is 0 Å². The summed E-state index contributed by atoms with van der Waals surface area (Å²) < 4.78 is 5.19. The highest BCUT2D eigenvalue weighted by Gasteiger charge is 2.22. The van der Waals surface area contributed by atoms with Crippen LogP contribution in [-0.2, 0) is 5.54 Å². The van der Waals surface area contributed by atoms with Crippen molar-refractivity contribution >= 4 is 11.6 Å². The molecular weight excluding hydrogens is 238 g/mol. The summed E-state index contributed by atoms with van der Waals surface area (Å²) in [5.74, 6) is 0.911. The third-order valence-corrected chi connectivity index (χ3v) is 2.51. The molecular formula is C12H14ClN3O. The van der Waals surface area contributed by atoms with Crippen LogP contribution in [-0.4, -0.2) is 10.1 Å². The molecule has 0 unspecified atom stereocenters. The highest BCUT2D eigenvalue weighted by molar-refractivity contribution is 6.30. The Hall–Kier alpha value is -1.39. The van der Waals surface area contributed by atoms with E-state index in [2.05, 4.69) is 10.1 Å². The number of hydrogen-bond donors (Lipinski definition) is 1. The average molecular weight is 252 g/mol. The van der Waals surface area contributed by atoms with Gasteiger partial charge in [0.15, 0.2) is 5.82 Å². The second-order valence-electron chi connectivity index (χ2n) is 4.66. The SMILES string of the molecule is Cc1cc(Cl)cc(-c2nc(C(C)(C)N)no2)c1. The third kappa shape index (κ3) is 2.65. The molecule has 2 rings (SSSR count). The van der Waals surface area contributed by atoms with Crippen molar-refractivity contribution in [2.45, 2.75) is 26.3 Å². The fraction of sp³-hybridized carbons (Fsp3) is 0.333. The lowest BCUT2D eigenvalue weighted by Gasteiger charge is -2.11. The fourth-order valence-electron chi connectivity index (χ4n) is 1.46. The lowest BCUT2D eigenvalue weighted by Crippen LogP contribution is -2.30. The van der Waals surface area contributed by atoms with Crippen LogP contribution in [0.15, 0.2) is 22.7 Å². The van der Waals surface area contributed by atoms with E-state index in [1.807, 2.05) is 32.9 Å². The number of benzene rings is 1. The minimum atomic E-state index is -0.616. The van der Waals surface area contributed by atoms with Gasteiger partial charge in [-0.15, -0.1) is 0 Å². The van der Waals surface area contributed by atoms with Crippen LogP contribution in [0.5, 0.6) is 0 Å². The smallest absolute Gasteiger partial charge is 0.258 e. The van der Waals surface area contributed by atoms with Crippen molar-refractivity contribution in [2.75, 3.05) is 0 Å². The van der Waals surface area contributed by atoms with Crippen LogP contribution >= 0.6 is 11.6 Å². The van der Waals surface area contributed by atoms with Crippen LogP contribution in [0.3, 0.4) is 0 Å². The summed E-state index contributed by atoms with van der Waals surface area (Å²) in [5, 5.41) is 4.51. The van der Waals surface area contributed by atoms with E-state index in [0.717, 1.165) is 11.1 Å². The first-order valence-corrected chi connectivity index (χ1v) is 5.65. The van der Waals surface area contributed by atoms with Crippen LogP contribution < -0.4 is 5.73 Å². The standard InChI is InChI=1S/C12H14ClN3O/c1-7-4-8(6-9(13)5-7)10-15-11(16-17-10)12(2,3)14/h4-6H,14H2,1-3H3. The molecule has 0 atom stereocenters. The maximum absolute atomic E-state index is 5.98. The molecule has 0 bridgehead atoms. The van der Waals surface area contributed by atoms with Gasteiger partial charge in [0.2, 0.25) is 0 Å². The molecule has 1 aromatic carbocycles. The number of rotatable bonds is 2. The first-order valence-electron chi connectivity index (χ1n) is 5.27. The van der Waals surface area contributed by atoms with Gasteiger partial charge in [-0.1, -0.05) is 16.8 Å². The quantitative estimate of drug-likeness (QED) is 0.891. The van der Waals surface area contributed by atoms with Gasteiger partial charge in [-0.05, 0) is 44.5 Å². The molecule has 0 aliphatic heterocycles. The van der Waals surface area contributed by atoms with E-state index in [1.54, 1.807) is 6.07 Å². The molecule has 0 fully saturated rings. The molecule has 2 aromatic rings. The van der Waals surface area contributed by atoms with Gasteiger partial charge < -0.3 is 10.3 Å². The number of aryl methyl sites for hydroxylation is 1. The number of aromatic nitrogens is 2. The van der Waals surface area contributed by atoms with E-state index >= 15 is 0 Å². The molecule has 0 aliphatic rings. The Morgan fingerprint density at radius 1 is 1.29 bits per heavy atom. The monoisotopic (exact) mass is 251 g/mol. The summed E-state index contributed by atoms with van der Waals surface area (Å²) in [4.78, 5) is 4.27. The van der Waals surface area contributed by atoms with Gasteiger partial charge in [0.25, 0.3) is 5.89 Å². The Bertz CT molecular complexity index is 523. The number of halogens is 1. The molecule has 1 heterocycles. The number of nitrogens with two attached hydrogens (primary N) is 1. The third-order valence-electron chi connectivity index (χ3n) is 2.29. The maximum atomic E-state index is 5.98. The van der Waals surface area contributed by atoms with E-state index in [4.69, 9.17) is 21.9 Å². The van der Waals surface area contributed by atoms with Gasteiger partial charge in [-0.3, -0.25) is 0 Å². The van der Waals surface area contributed by atoms with E-state index in [1.165, 1.54) is 0 Å². The Morgan fingerprint density at radius 2 is 2.00 bits per heavy atom. The molecule has 0 spiro atoms. The van der Waals surface area contributed by atoms with E-state index in [0.29, 0.717) is 16.7 Å². The molecule has 0 radical (unpaired) electrons. The highest BCUT2D eigenvalue weighted by atomic mass is 35.5. The minimum Gasteiger partial charge on any atom is -0.334 e. The molecule has 4 nitrogen and oxygen atoms in total. The van der Waals surface area contributed by atoms with E-state index in [9.17, 15) is 0 Å². The summed E-state index contributed by atoms with van der Waals surface area (Å²) in [5.41, 5.74) is 7.13. The van der Waals surface area contributed by atoms with E-state index < -0.39 is 5.54 Å². The van der Waals surface area contributed by atoms with E-state index in [-0.39, 0.29) is 0 Å². The predicted octanol–water partition coefficient (Wildman–Crippen LogP) is 2.89. The Balaban J connectivity index is 2.44. The van der Waals surface area contributed by atoms with Crippen molar-refractivity contribution in [2.24, 2.45) is 5.73 Å². The molecule has 0 aliphatic carbocycles. The Labute approximate surface area is 105 Å². The summed E-state index contributed by atoms with van der Waals surface area (Å²) in [6.45, 7) is 5.61. The lowest BCUT2D eigenvalue weighted by atomic mass is 10.1. The summed E-state index contributed by atoms with van der Waals surface area (Å²) >= 11 is 5.98. The largest absolute Gasteiger partial charge is 0.334 e. The zero-order valence-electron chi connectivity index (χ0n) is 9.99. The van der Waals surface area contributed by atoms with Gasteiger partial charge in [0.1, 0.15) is 0 Å². The molecule has 0 saturated heterocycles. The lowest BCUT2D eigenvalue weighted by molar-refractivity contribution is 0.397. The number of hydrogen-bond acceptors (Lipinski definition) is 4. The molecule has 1 aromatic heterocycles. The summed E-state index contributed by atoms with van der Waals surface area (Å²) in [7, 11) is 0. The van der Waals surface area contributed by atoms with Crippen LogP contribution in [0, 0.1) is 6.92 Å². The van der Waals surface area contributed by atoms with Crippen molar-refractivity contribution in [3.05, 3.63) is 34.6 Å². The second kappa shape index (κ2) is 4.13. The normalized spacial score (nSPS) is 11.8. The zero-order chi connectivity index (χ0) is 12.6. The molecule has 2 N–H and O–H groups in total. The van der Waals surface area contributed by atoms with Crippen molar-refractivity contribution in [3.63, 3.8) is 0 Å². The van der Waals surface area contributed by atoms with Crippen molar-refractivity contribution in [1.82, 2.24) is 10.1 Å². The van der Waals surface area contributed by atoms with Gasteiger partial charge in [0.05, 0.1) is 5.54 Å². The number of nitrogens with zero attached hydrogens (tertiary/aromatic N) is 2. The van der Waals surface area contributed by atoms with Gasteiger partial charge in [0, 0.05) is 10.6 Å². The first kappa shape index (κ1) is 12.1. The molecule has 0 saturated carbocycles. The molecule has 90 valence electrons. The van der Waals surface area contributed by atoms with Gasteiger partial charge >= 0.3 is 0 Å². The second-order valence-corrected chi connectivity index (χ2v) is 5.10. The van der Waals surface area contributed by atoms with Crippen molar-refractivity contribution in [1.29, 1.82) is 0 Å². The van der Waals surface area contributed by atoms with Crippen LogP contribution in [0.1, 0.15) is 25.2 Å². The molecule has 0 amide bonds. The zero-order valence-corrected chi connectivity index (χ0v) is 10.7. The topological polar surface area (TPSA) is 64.9 Å². The predicted molar refractivity (Wildman–Crippen MR) is 66.7 cm³/mol. The molecule has 17 heavy (non-hydrogen) atoms. The first-order chi connectivity index (χ1) is 7.86. The van der Waals surface area contributed by atoms with Crippen LogP contribution in [0.2, 0.25) is 5.02 Å². The fourth-order valence-corrected chi connectivity index (χ4v) is 1.75. The maximum Gasteiger partial charge on any atom is 0.258 e. The Morgan fingerprint density at radius 3 is 2.53 bits per heavy atom. The highest BCUT2D eigenvalue weighted by Crippen LogP contribution is 2.24. The summed E-state index contributed by atoms with van der Waals surface area (Å²) in [6, 6.07) is 5.59. The average Bonchev–Trinajstić information content (AvgIpc) is 2.63.